The van der Waals surface area contributed by atoms with Crippen molar-refractivity contribution in [3.8, 4) is 5.75 Å². The first kappa shape index (κ1) is 15.5. The SMILES string of the molecule is COc1cc(N)ccc1NC(=O)CSc1ccc(Cl)cn1. The van der Waals surface area contributed by atoms with E-state index in [0.717, 1.165) is 5.03 Å². The summed E-state index contributed by atoms with van der Waals surface area (Å²) in [6.45, 7) is 0. The molecule has 0 aliphatic heterocycles. The van der Waals surface area contributed by atoms with Crippen molar-refractivity contribution in [3.05, 3.63) is 41.6 Å². The summed E-state index contributed by atoms with van der Waals surface area (Å²) in [4.78, 5) is 16.0. The van der Waals surface area contributed by atoms with Crippen LogP contribution in [0.25, 0.3) is 0 Å². The molecule has 21 heavy (non-hydrogen) atoms. The lowest BCUT2D eigenvalue weighted by Crippen LogP contribution is -2.14. The summed E-state index contributed by atoms with van der Waals surface area (Å²) in [6, 6.07) is 8.56. The first-order chi connectivity index (χ1) is 10.1. The summed E-state index contributed by atoms with van der Waals surface area (Å²) in [7, 11) is 1.52. The molecule has 0 spiro atoms. The van der Waals surface area contributed by atoms with Crippen molar-refractivity contribution in [2.24, 2.45) is 0 Å². The molecule has 1 aromatic heterocycles. The predicted molar refractivity (Wildman–Crippen MR) is 86.0 cm³/mol. The molecule has 0 saturated heterocycles. The molecular formula is C14H14ClN3O2S. The highest BCUT2D eigenvalue weighted by atomic mass is 35.5. The number of methoxy groups -OCH3 is 1. The minimum Gasteiger partial charge on any atom is -0.494 e. The van der Waals surface area contributed by atoms with Gasteiger partial charge in [0.2, 0.25) is 5.91 Å². The summed E-state index contributed by atoms with van der Waals surface area (Å²) in [6.07, 6.45) is 1.55. The van der Waals surface area contributed by atoms with Gasteiger partial charge in [-0.3, -0.25) is 4.79 Å². The van der Waals surface area contributed by atoms with Crippen LogP contribution in [0.4, 0.5) is 11.4 Å². The maximum atomic E-state index is 11.9. The molecule has 0 saturated carbocycles. The zero-order valence-electron chi connectivity index (χ0n) is 11.3. The lowest BCUT2D eigenvalue weighted by atomic mass is 10.2. The number of halogens is 1. The number of amides is 1. The van der Waals surface area contributed by atoms with Crippen LogP contribution in [0.1, 0.15) is 0 Å². The molecule has 2 aromatic rings. The quantitative estimate of drug-likeness (QED) is 0.653. The molecule has 2 rings (SSSR count). The van der Waals surface area contributed by atoms with E-state index in [9.17, 15) is 4.79 Å². The van der Waals surface area contributed by atoms with Crippen molar-refractivity contribution < 1.29 is 9.53 Å². The number of rotatable bonds is 5. The van der Waals surface area contributed by atoms with Crippen LogP contribution in [-0.2, 0) is 4.79 Å². The third kappa shape index (κ3) is 4.54. The zero-order valence-corrected chi connectivity index (χ0v) is 12.9. The number of pyridine rings is 1. The minimum atomic E-state index is -0.153. The van der Waals surface area contributed by atoms with E-state index in [4.69, 9.17) is 22.1 Å². The van der Waals surface area contributed by atoms with Gasteiger partial charge < -0.3 is 15.8 Å². The number of ether oxygens (including phenoxy) is 1. The number of benzene rings is 1. The van der Waals surface area contributed by atoms with Gasteiger partial charge in [-0.15, -0.1) is 0 Å². The highest BCUT2D eigenvalue weighted by Gasteiger charge is 2.09. The standard InChI is InChI=1S/C14H14ClN3O2S/c1-20-12-6-10(16)3-4-11(12)18-13(19)8-21-14-5-2-9(15)7-17-14/h2-7H,8,16H2,1H3,(H,18,19). The number of nitrogen functional groups attached to an aromatic ring is 1. The second kappa shape index (κ2) is 7.19. The van der Waals surface area contributed by atoms with Gasteiger partial charge in [0.1, 0.15) is 5.75 Å². The first-order valence-corrected chi connectivity index (χ1v) is 7.42. The number of nitrogens with zero attached hydrogens (tertiary/aromatic N) is 1. The molecule has 0 atom stereocenters. The van der Waals surface area contributed by atoms with Crippen molar-refractivity contribution in [1.82, 2.24) is 4.98 Å². The van der Waals surface area contributed by atoms with Gasteiger partial charge in [-0.1, -0.05) is 23.4 Å². The van der Waals surface area contributed by atoms with E-state index < -0.39 is 0 Å². The van der Waals surface area contributed by atoms with Gasteiger partial charge in [-0.05, 0) is 24.3 Å². The Bertz CT molecular complexity index is 635. The van der Waals surface area contributed by atoms with Gasteiger partial charge in [-0.2, -0.15) is 0 Å². The number of carbonyl (C=O) groups excluding carboxylic acids is 1. The molecule has 1 amide bonds. The third-order valence-corrected chi connectivity index (χ3v) is 3.72. The predicted octanol–water partition coefficient (Wildman–Crippen LogP) is 3.06. The van der Waals surface area contributed by atoms with Crippen molar-refractivity contribution in [2.75, 3.05) is 23.9 Å². The highest BCUT2D eigenvalue weighted by Crippen LogP contribution is 2.27. The van der Waals surface area contributed by atoms with E-state index in [1.165, 1.54) is 18.9 Å². The van der Waals surface area contributed by atoms with Gasteiger partial charge in [0.05, 0.1) is 28.6 Å². The van der Waals surface area contributed by atoms with E-state index in [2.05, 4.69) is 10.3 Å². The number of nitrogens with one attached hydrogen (secondary N) is 1. The molecule has 110 valence electrons. The van der Waals surface area contributed by atoms with Crippen molar-refractivity contribution in [3.63, 3.8) is 0 Å². The molecular weight excluding hydrogens is 310 g/mol. The first-order valence-electron chi connectivity index (χ1n) is 6.06. The van der Waals surface area contributed by atoms with Crippen LogP contribution in [0.2, 0.25) is 5.02 Å². The van der Waals surface area contributed by atoms with Gasteiger partial charge in [0.15, 0.2) is 0 Å². The lowest BCUT2D eigenvalue weighted by molar-refractivity contribution is -0.113. The number of hydrogen-bond acceptors (Lipinski definition) is 5. The number of carbonyl (C=O) groups is 1. The second-order valence-corrected chi connectivity index (χ2v) is 5.54. The fraction of sp³-hybridized carbons (Fsp3) is 0.143. The minimum absolute atomic E-state index is 0.153. The molecule has 0 aliphatic carbocycles. The largest absolute Gasteiger partial charge is 0.494 e. The van der Waals surface area contributed by atoms with Crippen molar-refractivity contribution in [2.45, 2.75) is 5.03 Å². The molecule has 1 heterocycles. The summed E-state index contributed by atoms with van der Waals surface area (Å²) in [5, 5.41) is 4.08. The normalized spacial score (nSPS) is 10.2. The summed E-state index contributed by atoms with van der Waals surface area (Å²) >= 11 is 7.08. The molecule has 5 nitrogen and oxygen atoms in total. The topological polar surface area (TPSA) is 77.2 Å². The Kier molecular flexibility index (Phi) is 5.30. The molecule has 0 radical (unpaired) electrons. The van der Waals surface area contributed by atoms with E-state index >= 15 is 0 Å². The highest BCUT2D eigenvalue weighted by molar-refractivity contribution is 7.99. The molecule has 0 aliphatic rings. The molecule has 0 fully saturated rings. The Labute approximate surface area is 131 Å². The Morgan fingerprint density at radius 3 is 2.90 bits per heavy atom. The molecule has 7 heteroatoms. The summed E-state index contributed by atoms with van der Waals surface area (Å²) in [5.74, 6) is 0.611. The molecule has 1 aromatic carbocycles. The van der Waals surface area contributed by atoms with Crippen LogP contribution < -0.4 is 15.8 Å². The second-order valence-electron chi connectivity index (χ2n) is 4.11. The van der Waals surface area contributed by atoms with Crippen LogP contribution in [0, 0.1) is 0 Å². The summed E-state index contributed by atoms with van der Waals surface area (Å²) in [5.41, 5.74) is 6.82. The van der Waals surface area contributed by atoms with Crippen LogP contribution >= 0.6 is 23.4 Å². The smallest absolute Gasteiger partial charge is 0.234 e. The Morgan fingerprint density at radius 1 is 1.43 bits per heavy atom. The Hall–Kier alpha value is -1.92. The van der Waals surface area contributed by atoms with Crippen LogP contribution in [0.5, 0.6) is 5.75 Å². The Balaban J connectivity index is 1.94. The van der Waals surface area contributed by atoms with Gasteiger partial charge in [-0.25, -0.2) is 4.98 Å². The van der Waals surface area contributed by atoms with Crippen molar-refractivity contribution in [1.29, 1.82) is 0 Å². The maximum Gasteiger partial charge on any atom is 0.234 e. The Morgan fingerprint density at radius 2 is 2.24 bits per heavy atom. The van der Waals surface area contributed by atoms with Gasteiger partial charge in [0.25, 0.3) is 0 Å². The van der Waals surface area contributed by atoms with E-state index in [-0.39, 0.29) is 11.7 Å². The molecule has 0 bridgehead atoms. The average Bonchev–Trinajstić information content (AvgIpc) is 2.48. The average molecular weight is 324 g/mol. The molecule has 0 unspecified atom stereocenters. The third-order valence-electron chi connectivity index (χ3n) is 2.55. The van der Waals surface area contributed by atoms with Crippen LogP contribution in [0.15, 0.2) is 41.6 Å². The van der Waals surface area contributed by atoms with E-state index in [1.807, 2.05) is 0 Å². The number of aromatic nitrogens is 1. The lowest BCUT2D eigenvalue weighted by Gasteiger charge is -2.10. The fourth-order valence-corrected chi connectivity index (χ4v) is 2.34. The number of nitrogens with two attached hydrogens (primary N) is 1. The maximum absolute atomic E-state index is 11.9. The number of thioether (sulfide) groups is 1. The van der Waals surface area contributed by atoms with Crippen molar-refractivity contribution >= 4 is 40.6 Å². The van der Waals surface area contributed by atoms with E-state index in [1.54, 1.807) is 36.5 Å². The van der Waals surface area contributed by atoms with Gasteiger partial charge in [0, 0.05) is 18.0 Å². The monoisotopic (exact) mass is 323 g/mol. The fourth-order valence-electron chi connectivity index (χ4n) is 1.58. The number of hydrogen-bond donors (Lipinski definition) is 2. The zero-order chi connectivity index (χ0) is 15.2. The van der Waals surface area contributed by atoms with Gasteiger partial charge >= 0.3 is 0 Å². The molecule has 3 N–H and O–H groups in total. The van der Waals surface area contributed by atoms with E-state index in [0.29, 0.717) is 22.1 Å². The van der Waals surface area contributed by atoms with Crippen LogP contribution in [-0.4, -0.2) is 23.8 Å². The summed E-state index contributed by atoms with van der Waals surface area (Å²) < 4.78 is 5.17. The number of anilines is 2. The van der Waals surface area contributed by atoms with Crippen LogP contribution in [0.3, 0.4) is 0 Å².